The summed E-state index contributed by atoms with van der Waals surface area (Å²) in [6, 6.07) is 7.02. The van der Waals surface area contributed by atoms with Gasteiger partial charge in [0, 0.05) is 56.5 Å². The molecule has 0 saturated carbocycles. The predicted molar refractivity (Wildman–Crippen MR) is 167 cm³/mol. The number of halogens is 1. The lowest BCUT2D eigenvalue weighted by Crippen LogP contribution is -2.38. The van der Waals surface area contributed by atoms with Crippen molar-refractivity contribution in [3.05, 3.63) is 64.7 Å². The fourth-order valence-electron chi connectivity index (χ4n) is 4.96. The summed E-state index contributed by atoms with van der Waals surface area (Å²) in [5.41, 5.74) is 3.59. The summed E-state index contributed by atoms with van der Waals surface area (Å²) >= 11 is 6.17. The average molecular weight is 581 g/mol. The third kappa shape index (κ3) is 10.1. The van der Waals surface area contributed by atoms with Crippen LogP contribution in [0, 0.1) is 0 Å². The van der Waals surface area contributed by atoms with Gasteiger partial charge < -0.3 is 20.7 Å². The number of hydrogen-bond donors (Lipinski definition) is 3. The summed E-state index contributed by atoms with van der Waals surface area (Å²) in [5, 5.41) is 10.8. The standard InChI is InChI=1S/C20H27ClN4O.C11H18N4/c1-3-15-12-22-20(23-13-15)24-17-7-9-25(10-8-17)14-16-5-6-18(21)19(11-16)26-4-2;1-2-9-7-13-11(14-8-9)15-10-3-5-12-6-4-10/h5-6,11-13,17H,3-4,7-10,14H2,1-2H3,(H,22,23,24);7-8,10,12H,2-6H2,1H3,(H,13,14,15). The van der Waals surface area contributed by atoms with E-state index in [4.69, 9.17) is 16.3 Å². The largest absolute Gasteiger partial charge is 0.492 e. The van der Waals surface area contributed by atoms with Crippen molar-refractivity contribution in [1.82, 2.24) is 30.2 Å². The number of rotatable bonds is 10. The average Bonchev–Trinajstić information content (AvgIpc) is 3.01. The Hall–Kier alpha value is -3.01. The molecule has 3 N–H and O–H groups in total. The molecule has 0 atom stereocenters. The Morgan fingerprint density at radius 2 is 1.34 bits per heavy atom. The topological polar surface area (TPSA) is 100 Å². The highest BCUT2D eigenvalue weighted by Crippen LogP contribution is 2.27. The van der Waals surface area contributed by atoms with Crippen molar-refractivity contribution >= 4 is 23.5 Å². The van der Waals surface area contributed by atoms with E-state index in [9.17, 15) is 0 Å². The van der Waals surface area contributed by atoms with Crippen LogP contribution in [0.5, 0.6) is 5.75 Å². The minimum Gasteiger partial charge on any atom is -0.492 e. The minimum absolute atomic E-state index is 0.433. The Morgan fingerprint density at radius 3 is 1.85 bits per heavy atom. The van der Waals surface area contributed by atoms with Gasteiger partial charge >= 0.3 is 0 Å². The van der Waals surface area contributed by atoms with Crippen LogP contribution >= 0.6 is 11.6 Å². The summed E-state index contributed by atoms with van der Waals surface area (Å²) in [6.45, 7) is 12.0. The van der Waals surface area contributed by atoms with Crippen LogP contribution in [0.1, 0.15) is 63.1 Å². The van der Waals surface area contributed by atoms with Gasteiger partial charge in [0.1, 0.15) is 5.75 Å². The van der Waals surface area contributed by atoms with Crippen molar-refractivity contribution in [2.75, 3.05) is 43.4 Å². The van der Waals surface area contributed by atoms with Gasteiger partial charge in [0.15, 0.2) is 0 Å². The molecule has 0 bridgehead atoms. The van der Waals surface area contributed by atoms with Gasteiger partial charge in [0.2, 0.25) is 11.9 Å². The van der Waals surface area contributed by atoms with Crippen LogP contribution in [-0.4, -0.2) is 69.7 Å². The SMILES string of the molecule is CCOc1cc(CN2CCC(Nc3ncc(CC)cn3)CC2)ccc1Cl.CCc1cnc(NC2CCNCC2)nc1. The second kappa shape index (κ2) is 16.4. The summed E-state index contributed by atoms with van der Waals surface area (Å²) in [5.74, 6) is 2.27. The van der Waals surface area contributed by atoms with Gasteiger partial charge in [-0.1, -0.05) is 31.5 Å². The lowest BCUT2D eigenvalue weighted by molar-refractivity contribution is 0.210. The molecule has 2 fully saturated rings. The van der Waals surface area contributed by atoms with Gasteiger partial charge in [-0.25, -0.2) is 19.9 Å². The number of nitrogens with zero attached hydrogens (tertiary/aromatic N) is 5. The van der Waals surface area contributed by atoms with Crippen molar-refractivity contribution in [1.29, 1.82) is 0 Å². The molecule has 4 heterocycles. The summed E-state index contributed by atoms with van der Waals surface area (Å²) < 4.78 is 5.59. The van der Waals surface area contributed by atoms with E-state index in [0.717, 1.165) is 88.9 Å². The summed E-state index contributed by atoms with van der Waals surface area (Å²) in [7, 11) is 0. The molecule has 1 aromatic carbocycles. The van der Waals surface area contributed by atoms with Crippen LogP contribution in [0.3, 0.4) is 0 Å². The number of benzene rings is 1. The zero-order chi connectivity index (χ0) is 28.9. The maximum atomic E-state index is 6.17. The first-order valence-electron chi connectivity index (χ1n) is 15.0. The van der Waals surface area contributed by atoms with Crippen LogP contribution in [0.25, 0.3) is 0 Å². The maximum Gasteiger partial charge on any atom is 0.222 e. The van der Waals surface area contributed by atoms with E-state index in [2.05, 4.69) is 66.8 Å². The molecule has 2 saturated heterocycles. The molecule has 2 aliphatic rings. The molecule has 41 heavy (non-hydrogen) atoms. The third-order valence-electron chi connectivity index (χ3n) is 7.52. The number of likely N-dealkylation sites (tertiary alicyclic amines) is 1. The molecule has 10 heteroatoms. The highest BCUT2D eigenvalue weighted by Gasteiger charge is 2.20. The first kappa shape index (κ1) is 30.9. The maximum absolute atomic E-state index is 6.17. The first-order valence-corrected chi connectivity index (χ1v) is 15.4. The number of piperidine rings is 2. The fourth-order valence-corrected chi connectivity index (χ4v) is 5.13. The highest BCUT2D eigenvalue weighted by atomic mass is 35.5. The van der Waals surface area contributed by atoms with Gasteiger partial charge in [-0.05, 0) is 87.4 Å². The smallest absolute Gasteiger partial charge is 0.222 e. The van der Waals surface area contributed by atoms with Crippen molar-refractivity contribution in [3.8, 4) is 5.75 Å². The van der Waals surface area contributed by atoms with E-state index in [-0.39, 0.29) is 0 Å². The summed E-state index contributed by atoms with van der Waals surface area (Å²) in [6.07, 6.45) is 14.0. The quantitative estimate of drug-likeness (QED) is 0.292. The number of nitrogens with one attached hydrogen (secondary N) is 3. The van der Waals surface area contributed by atoms with Gasteiger partial charge in [-0.3, -0.25) is 4.90 Å². The van der Waals surface area contributed by atoms with E-state index in [1.807, 2.05) is 37.8 Å². The number of ether oxygens (including phenoxy) is 1. The zero-order valence-corrected chi connectivity index (χ0v) is 25.5. The Morgan fingerprint density at radius 1 is 0.805 bits per heavy atom. The molecule has 0 radical (unpaired) electrons. The Balaban J connectivity index is 0.000000218. The Labute approximate surface area is 249 Å². The summed E-state index contributed by atoms with van der Waals surface area (Å²) in [4.78, 5) is 19.9. The van der Waals surface area contributed by atoms with Crippen LogP contribution < -0.4 is 20.7 Å². The van der Waals surface area contributed by atoms with Crippen molar-refractivity contribution in [3.63, 3.8) is 0 Å². The molecule has 0 aliphatic carbocycles. The number of aromatic nitrogens is 4. The highest BCUT2D eigenvalue weighted by molar-refractivity contribution is 6.32. The molecule has 2 aliphatic heterocycles. The minimum atomic E-state index is 0.433. The van der Waals surface area contributed by atoms with Crippen LogP contribution in [0.4, 0.5) is 11.9 Å². The molecule has 0 amide bonds. The zero-order valence-electron chi connectivity index (χ0n) is 24.7. The lowest BCUT2D eigenvalue weighted by Gasteiger charge is -2.32. The number of hydrogen-bond acceptors (Lipinski definition) is 9. The van der Waals surface area contributed by atoms with Gasteiger partial charge in [-0.2, -0.15) is 0 Å². The predicted octanol–water partition coefficient (Wildman–Crippen LogP) is 5.37. The Kier molecular flexibility index (Phi) is 12.4. The van der Waals surface area contributed by atoms with Crippen LogP contribution in [0.2, 0.25) is 5.02 Å². The van der Waals surface area contributed by atoms with Crippen molar-refractivity contribution in [2.45, 2.75) is 77.9 Å². The van der Waals surface area contributed by atoms with E-state index in [0.29, 0.717) is 23.7 Å². The molecular formula is C31H45ClN8O. The molecule has 5 rings (SSSR count). The second-order valence-corrected chi connectivity index (χ2v) is 11.0. The van der Waals surface area contributed by atoms with E-state index in [1.165, 1.54) is 16.7 Å². The van der Waals surface area contributed by atoms with Gasteiger partial charge in [0.05, 0.1) is 11.6 Å². The van der Waals surface area contributed by atoms with Crippen LogP contribution in [-0.2, 0) is 19.4 Å². The van der Waals surface area contributed by atoms with E-state index >= 15 is 0 Å². The normalized spacial score (nSPS) is 16.5. The molecule has 2 aromatic heterocycles. The van der Waals surface area contributed by atoms with Gasteiger partial charge in [0.25, 0.3) is 0 Å². The van der Waals surface area contributed by atoms with E-state index in [1.54, 1.807) is 0 Å². The number of aryl methyl sites for hydroxylation is 2. The molecule has 0 unspecified atom stereocenters. The second-order valence-electron chi connectivity index (χ2n) is 10.6. The molecule has 9 nitrogen and oxygen atoms in total. The van der Waals surface area contributed by atoms with Gasteiger partial charge in [-0.15, -0.1) is 0 Å². The number of anilines is 2. The fraction of sp³-hybridized carbons (Fsp3) is 0.548. The molecule has 3 aromatic rings. The Bertz CT molecular complexity index is 1160. The van der Waals surface area contributed by atoms with Crippen molar-refractivity contribution in [2.24, 2.45) is 0 Å². The molecule has 0 spiro atoms. The first-order chi connectivity index (χ1) is 20.1. The van der Waals surface area contributed by atoms with Crippen LogP contribution in [0.15, 0.2) is 43.0 Å². The van der Waals surface area contributed by atoms with Crippen molar-refractivity contribution < 1.29 is 4.74 Å². The van der Waals surface area contributed by atoms with E-state index < -0.39 is 0 Å². The molecule has 222 valence electrons. The third-order valence-corrected chi connectivity index (χ3v) is 7.83. The molecular weight excluding hydrogens is 536 g/mol. The lowest BCUT2D eigenvalue weighted by atomic mass is 10.0. The monoisotopic (exact) mass is 580 g/mol.